The minimum Gasteiger partial charge on any atom is -0.328 e. The van der Waals surface area contributed by atoms with E-state index < -0.39 is 0 Å². The Hall–Kier alpha value is -0.930. The van der Waals surface area contributed by atoms with Crippen LogP contribution in [0.4, 0.5) is 4.39 Å². The lowest BCUT2D eigenvalue weighted by Gasteiger charge is -2.37. The SMILES string of the molecule is Cc1ccc(CN2C3CCC2CC(N)C3)cc1F. The average Bonchev–Trinajstić information content (AvgIpc) is 2.58. The number of halogens is 1. The van der Waals surface area contributed by atoms with Crippen molar-refractivity contribution in [3.05, 3.63) is 35.1 Å². The zero-order chi connectivity index (χ0) is 12.7. The van der Waals surface area contributed by atoms with Crippen LogP contribution >= 0.6 is 0 Å². The Balaban J connectivity index is 1.75. The molecule has 0 saturated carbocycles. The van der Waals surface area contributed by atoms with Crippen molar-refractivity contribution in [3.63, 3.8) is 0 Å². The average molecular weight is 248 g/mol. The van der Waals surface area contributed by atoms with Gasteiger partial charge in [-0.15, -0.1) is 0 Å². The fourth-order valence-corrected chi connectivity index (χ4v) is 3.52. The van der Waals surface area contributed by atoms with Crippen LogP contribution in [0.2, 0.25) is 0 Å². The van der Waals surface area contributed by atoms with Crippen molar-refractivity contribution >= 4 is 0 Å². The molecule has 0 aliphatic carbocycles. The first kappa shape index (κ1) is 12.1. The Kier molecular flexibility index (Phi) is 3.12. The van der Waals surface area contributed by atoms with E-state index in [1.165, 1.54) is 12.8 Å². The highest BCUT2D eigenvalue weighted by Gasteiger charge is 2.39. The number of hydrogen-bond donors (Lipinski definition) is 1. The summed E-state index contributed by atoms with van der Waals surface area (Å²) in [6.45, 7) is 2.68. The maximum atomic E-state index is 13.6. The summed E-state index contributed by atoms with van der Waals surface area (Å²) >= 11 is 0. The van der Waals surface area contributed by atoms with Crippen LogP contribution < -0.4 is 5.73 Å². The fraction of sp³-hybridized carbons (Fsp3) is 0.600. The maximum absolute atomic E-state index is 13.6. The van der Waals surface area contributed by atoms with Gasteiger partial charge in [-0.1, -0.05) is 12.1 Å². The highest BCUT2D eigenvalue weighted by atomic mass is 19.1. The topological polar surface area (TPSA) is 29.3 Å². The van der Waals surface area contributed by atoms with Gasteiger partial charge in [-0.3, -0.25) is 4.90 Å². The number of aryl methyl sites for hydroxylation is 1. The first-order chi connectivity index (χ1) is 8.63. The van der Waals surface area contributed by atoms with Gasteiger partial charge in [0.1, 0.15) is 5.82 Å². The molecule has 2 saturated heterocycles. The molecule has 2 N–H and O–H groups in total. The van der Waals surface area contributed by atoms with Gasteiger partial charge in [0, 0.05) is 24.7 Å². The van der Waals surface area contributed by atoms with Crippen molar-refractivity contribution in [2.45, 2.75) is 57.3 Å². The predicted molar refractivity (Wildman–Crippen MR) is 70.7 cm³/mol. The zero-order valence-corrected chi connectivity index (χ0v) is 10.9. The van der Waals surface area contributed by atoms with E-state index in [2.05, 4.69) is 4.90 Å². The van der Waals surface area contributed by atoms with Gasteiger partial charge in [-0.05, 0) is 49.8 Å². The van der Waals surface area contributed by atoms with Crippen molar-refractivity contribution in [3.8, 4) is 0 Å². The smallest absolute Gasteiger partial charge is 0.126 e. The number of benzene rings is 1. The van der Waals surface area contributed by atoms with Crippen LogP contribution in [0.25, 0.3) is 0 Å². The van der Waals surface area contributed by atoms with E-state index in [1.807, 2.05) is 19.1 Å². The molecule has 3 heteroatoms. The number of rotatable bonds is 2. The van der Waals surface area contributed by atoms with Crippen LogP contribution in [-0.4, -0.2) is 23.0 Å². The van der Waals surface area contributed by atoms with E-state index in [0.29, 0.717) is 18.1 Å². The molecule has 2 atom stereocenters. The normalized spacial score (nSPS) is 31.8. The van der Waals surface area contributed by atoms with Crippen LogP contribution in [-0.2, 0) is 6.54 Å². The van der Waals surface area contributed by atoms with Crippen LogP contribution in [0.5, 0.6) is 0 Å². The minimum absolute atomic E-state index is 0.0893. The van der Waals surface area contributed by atoms with Crippen LogP contribution in [0.3, 0.4) is 0 Å². The molecule has 2 heterocycles. The fourth-order valence-electron chi connectivity index (χ4n) is 3.52. The van der Waals surface area contributed by atoms with Gasteiger partial charge >= 0.3 is 0 Å². The number of nitrogens with two attached hydrogens (primary N) is 1. The molecule has 2 aliphatic rings. The summed E-state index contributed by atoms with van der Waals surface area (Å²) in [5, 5.41) is 0. The Morgan fingerprint density at radius 2 is 1.94 bits per heavy atom. The second-order valence-electron chi connectivity index (χ2n) is 5.87. The third-order valence-electron chi connectivity index (χ3n) is 4.52. The molecule has 0 radical (unpaired) electrons. The third-order valence-corrected chi connectivity index (χ3v) is 4.52. The van der Waals surface area contributed by atoms with Crippen molar-refractivity contribution in [1.29, 1.82) is 0 Å². The van der Waals surface area contributed by atoms with E-state index in [0.717, 1.165) is 30.5 Å². The Morgan fingerprint density at radius 3 is 2.56 bits per heavy atom. The predicted octanol–water partition coefficient (Wildman–Crippen LogP) is 2.59. The summed E-state index contributed by atoms with van der Waals surface area (Å²) in [6.07, 6.45) is 4.72. The number of piperidine rings is 1. The Labute approximate surface area is 108 Å². The standard InChI is InChI=1S/C15H21FN2/c1-10-2-3-11(6-15(10)16)9-18-13-4-5-14(18)8-12(17)7-13/h2-3,6,12-14H,4-5,7-9,17H2,1H3. The molecule has 0 amide bonds. The lowest BCUT2D eigenvalue weighted by atomic mass is 9.97. The van der Waals surface area contributed by atoms with E-state index in [1.54, 1.807) is 6.07 Å². The quantitative estimate of drug-likeness (QED) is 0.871. The highest BCUT2D eigenvalue weighted by molar-refractivity contribution is 5.23. The van der Waals surface area contributed by atoms with Gasteiger partial charge in [0.15, 0.2) is 0 Å². The van der Waals surface area contributed by atoms with E-state index in [9.17, 15) is 4.39 Å². The molecule has 2 aliphatic heterocycles. The largest absolute Gasteiger partial charge is 0.328 e. The van der Waals surface area contributed by atoms with Crippen molar-refractivity contribution < 1.29 is 4.39 Å². The summed E-state index contributed by atoms with van der Waals surface area (Å²) in [4.78, 5) is 2.54. The summed E-state index contributed by atoms with van der Waals surface area (Å²) in [5.41, 5.74) is 7.88. The highest BCUT2D eigenvalue weighted by Crippen LogP contribution is 2.36. The molecule has 2 unspecified atom stereocenters. The molecule has 18 heavy (non-hydrogen) atoms. The molecule has 0 spiro atoms. The van der Waals surface area contributed by atoms with E-state index in [4.69, 9.17) is 5.73 Å². The number of hydrogen-bond acceptors (Lipinski definition) is 2. The van der Waals surface area contributed by atoms with Gasteiger partial charge in [-0.25, -0.2) is 4.39 Å². The first-order valence-corrected chi connectivity index (χ1v) is 6.90. The lowest BCUT2D eigenvalue weighted by molar-refractivity contribution is 0.120. The van der Waals surface area contributed by atoms with Crippen molar-refractivity contribution in [2.75, 3.05) is 0 Å². The van der Waals surface area contributed by atoms with Crippen LogP contribution in [0, 0.1) is 12.7 Å². The summed E-state index contributed by atoms with van der Waals surface area (Å²) in [7, 11) is 0. The number of fused-ring (bicyclic) bond motifs is 2. The molecular weight excluding hydrogens is 227 g/mol. The minimum atomic E-state index is -0.0893. The molecule has 2 fully saturated rings. The molecule has 2 nitrogen and oxygen atoms in total. The van der Waals surface area contributed by atoms with Gasteiger partial charge in [-0.2, -0.15) is 0 Å². The van der Waals surface area contributed by atoms with Gasteiger partial charge < -0.3 is 5.73 Å². The van der Waals surface area contributed by atoms with E-state index >= 15 is 0 Å². The molecule has 1 aromatic carbocycles. The first-order valence-electron chi connectivity index (χ1n) is 6.90. The Morgan fingerprint density at radius 1 is 1.28 bits per heavy atom. The molecule has 0 aromatic heterocycles. The van der Waals surface area contributed by atoms with Crippen molar-refractivity contribution in [2.24, 2.45) is 5.73 Å². The molecular formula is C15H21FN2. The lowest BCUT2D eigenvalue weighted by Crippen LogP contribution is -2.46. The summed E-state index contributed by atoms with van der Waals surface area (Å²) in [6, 6.07) is 7.21. The number of nitrogens with zero attached hydrogens (tertiary/aromatic N) is 1. The molecule has 1 aromatic rings. The van der Waals surface area contributed by atoms with Crippen LogP contribution in [0.15, 0.2) is 18.2 Å². The Bertz CT molecular complexity index is 432. The van der Waals surface area contributed by atoms with Crippen LogP contribution in [0.1, 0.15) is 36.8 Å². The van der Waals surface area contributed by atoms with Gasteiger partial charge in [0.2, 0.25) is 0 Å². The van der Waals surface area contributed by atoms with Gasteiger partial charge in [0.05, 0.1) is 0 Å². The van der Waals surface area contributed by atoms with E-state index in [-0.39, 0.29) is 5.82 Å². The van der Waals surface area contributed by atoms with Gasteiger partial charge in [0.25, 0.3) is 0 Å². The summed E-state index contributed by atoms with van der Waals surface area (Å²) in [5.74, 6) is -0.0893. The molecule has 98 valence electrons. The second kappa shape index (κ2) is 4.63. The summed E-state index contributed by atoms with van der Waals surface area (Å²) < 4.78 is 13.6. The molecule has 2 bridgehead atoms. The second-order valence-corrected chi connectivity index (χ2v) is 5.87. The van der Waals surface area contributed by atoms with Crippen molar-refractivity contribution in [1.82, 2.24) is 4.90 Å². The third kappa shape index (κ3) is 2.17. The molecule has 3 rings (SSSR count). The monoisotopic (exact) mass is 248 g/mol. The maximum Gasteiger partial charge on any atom is 0.126 e. The zero-order valence-electron chi connectivity index (χ0n) is 10.9.